The fourth-order valence-corrected chi connectivity index (χ4v) is 2.29. The zero-order chi connectivity index (χ0) is 16.4. The molecule has 0 saturated heterocycles. The van der Waals surface area contributed by atoms with E-state index < -0.39 is 17.5 Å². The van der Waals surface area contributed by atoms with Crippen molar-refractivity contribution in [2.24, 2.45) is 0 Å². The third kappa shape index (κ3) is 2.96. The van der Waals surface area contributed by atoms with Gasteiger partial charge in [-0.3, -0.25) is 4.79 Å². The van der Waals surface area contributed by atoms with Crippen molar-refractivity contribution in [3.8, 4) is 0 Å². The molecule has 0 radical (unpaired) electrons. The van der Waals surface area contributed by atoms with Gasteiger partial charge in [0.15, 0.2) is 0 Å². The molecule has 0 saturated carbocycles. The van der Waals surface area contributed by atoms with Crippen LogP contribution in [0.4, 0.5) is 5.69 Å². The quantitative estimate of drug-likeness (QED) is 0.440. The van der Waals surface area contributed by atoms with Crippen LogP contribution in [0.2, 0.25) is 0 Å². The number of carbonyl (C=O) groups is 2. The zero-order valence-corrected chi connectivity index (χ0v) is 11.8. The average molecular weight is 309 g/mol. The second-order valence-electron chi connectivity index (χ2n) is 4.81. The number of hydrogen-bond acceptors (Lipinski definition) is 4. The summed E-state index contributed by atoms with van der Waals surface area (Å²) in [5.41, 5.74) is 0.457. The molecule has 23 heavy (non-hydrogen) atoms. The predicted octanol–water partition coefficient (Wildman–Crippen LogP) is 2.53. The van der Waals surface area contributed by atoms with Crippen LogP contribution in [0, 0.1) is 0 Å². The van der Waals surface area contributed by atoms with E-state index in [1.807, 2.05) is 6.07 Å². The van der Waals surface area contributed by atoms with Crippen molar-refractivity contribution in [1.82, 2.24) is 0 Å². The zero-order valence-electron chi connectivity index (χ0n) is 11.8. The topological polar surface area (TPSA) is 96.6 Å². The highest BCUT2D eigenvalue weighted by molar-refractivity contribution is 6.07. The van der Waals surface area contributed by atoms with Crippen LogP contribution in [0.3, 0.4) is 0 Å². The standard InChI is InChI=1S/C17H11NO5/c19-15(7-8-16(20)21)18-10-5-6-14-13(9-10)11-3-1-2-4-12(11)17(22)23-14/h1-9H,(H,18,19)(H,20,21)/b8-7+. The molecule has 2 N–H and O–H groups in total. The Labute approximate surface area is 129 Å². The van der Waals surface area contributed by atoms with E-state index in [4.69, 9.17) is 9.52 Å². The van der Waals surface area contributed by atoms with Gasteiger partial charge in [-0.1, -0.05) is 18.2 Å². The molecule has 0 atom stereocenters. The van der Waals surface area contributed by atoms with Crippen molar-refractivity contribution in [3.63, 3.8) is 0 Å². The van der Waals surface area contributed by atoms with Crippen molar-refractivity contribution >= 4 is 39.3 Å². The van der Waals surface area contributed by atoms with Crippen molar-refractivity contribution in [1.29, 1.82) is 0 Å². The molecule has 6 heteroatoms. The molecule has 0 bridgehead atoms. The Balaban J connectivity index is 2.06. The number of carboxylic acids is 1. The minimum absolute atomic E-state index is 0.410. The number of nitrogens with one attached hydrogen (secondary N) is 1. The monoisotopic (exact) mass is 309 g/mol. The van der Waals surface area contributed by atoms with Crippen LogP contribution in [-0.2, 0) is 9.59 Å². The van der Waals surface area contributed by atoms with Crippen LogP contribution >= 0.6 is 0 Å². The number of carboxylic acid groups (broad SMARTS) is 1. The molecule has 2 aromatic carbocycles. The van der Waals surface area contributed by atoms with Crippen molar-refractivity contribution in [2.75, 3.05) is 5.32 Å². The largest absolute Gasteiger partial charge is 0.478 e. The first-order valence-electron chi connectivity index (χ1n) is 6.72. The lowest BCUT2D eigenvalue weighted by Gasteiger charge is -2.06. The summed E-state index contributed by atoms with van der Waals surface area (Å²) in [4.78, 5) is 33.9. The molecular weight excluding hydrogens is 298 g/mol. The van der Waals surface area contributed by atoms with E-state index >= 15 is 0 Å². The van der Waals surface area contributed by atoms with E-state index in [9.17, 15) is 14.4 Å². The molecule has 1 amide bonds. The van der Waals surface area contributed by atoms with Gasteiger partial charge in [-0.25, -0.2) is 9.59 Å². The van der Waals surface area contributed by atoms with Crippen molar-refractivity contribution in [2.45, 2.75) is 0 Å². The number of hydrogen-bond donors (Lipinski definition) is 2. The molecule has 0 aliphatic rings. The summed E-state index contributed by atoms with van der Waals surface area (Å²) in [6.07, 6.45) is 1.68. The van der Waals surface area contributed by atoms with Gasteiger partial charge in [0.1, 0.15) is 5.58 Å². The molecule has 3 rings (SSSR count). The fraction of sp³-hybridized carbons (Fsp3) is 0. The highest BCUT2D eigenvalue weighted by Crippen LogP contribution is 2.25. The Bertz CT molecular complexity index is 1020. The predicted molar refractivity (Wildman–Crippen MR) is 85.4 cm³/mol. The summed E-state index contributed by atoms with van der Waals surface area (Å²) in [5, 5.41) is 12.9. The smallest absolute Gasteiger partial charge is 0.344 e. The van der Waals surface area contributed by atoms with E-state index in [0.717, 1.165) is 17.5 Å². The Hall–Kier alpha value is -3.41. The van der Waals surface area contributed by atoms with Gasteiger partial charge in [-0.2, -0.15) is 0 Å². The molecular formula is C17H11NO5. The molecule has 1 heterocycles. The fourth-order valence-electron chi connectivity index (χ4n) is 2.29. The highest BCUT2D eigenvalue weighted by Gasteiger charge is 2.08. The molecule has 114 valence electrons. The minimum atomic E-state index is -1.20. The Morgan fingerprint density at radius 2 is 1.74 bits per heavy atom. The van der Waals surface area contributed by atoms with Crippen LogP contribution in [0.15, 0.2) is 63.8 Å². The highest BCUT2D eigenvalue weighted by atomic mass is 16.4. The van der Waals surface area contributed by atoms with E-state index in [-0.39, 0.29) is 0 Å². The molecule has 6 nitrogen and oxygen atoms in total. The van der Waals surface area contributed by atoms with Crippen LogP contribution in [0.5, 0.6) is 0 Å². The number of anilines is 1. The summed E-state index contributed by atoms with van der Waals surface area (Å²) in [6, 6.07) is 11.8. The van der Waals surface area contributed by atoms with E-state index in [0.29, 0.717) is 22.0 Å². The second-order valence-corrected chi connectivity index (χ2v) is 4.81. The summed E-state index contributed by atoms with van der Waals surface area (Å²) >= 11 is 0. The first-order valence-corrected chi connectivity index (χ1v) is 6.72. The summed E-state index contributed by atoms with van der Waals surface area (Å²) < 4.78 is 5.25. The maximum Gasteiger partial charge on any atom is 0.344 e. The van der Waals surface area contributed by atoms with Gasteiger partial charge in [0.2, 0.25) is 5.91 Å². The lowest BCUT2D eigenvalue weighted by Crippen LogP contribution is -2.08. The average Bonchev–Trinajstić information content (AvgIpc) is 2.54. The van der Waals surface area contributed by atoms with E-state index in [1.165, 1.54) is 0 Å². The molecule has 0 aliphatic carbocycles. The van der Waals surface area contributed by atoms with Crippen LogP contribution < -0.4 is 10.9 Å². The normalized spacial score (nSPS) is 11.1. The van der Waals surface area contributed by atoms with Gasteiger partial charge in [0.25, 0.3) is 0 Å². The van der Waals surface area contributed by atoms with Gasteiger partial charge >= 0.3 is 11.6 Å². The number of carbonyl (C=O) groups excluding carboxylic acids is 1. The molecule has 0 spiro atoms. The third-order valence-electron chi connectivity index (χ3n) is 3.26. The van der Waals surface area contributed by atoms with Crippen LogP contribution in [0.1, 0.15) is 0 Å². The van der Waals surface area contributed by atoms with E-state index in [2.05, 4.69) is 5.32 Å². The maximum atomic E-state index is 11.9. The lowest BCUT2D eigenvalue weighted by molar-refractivity contribution is -0.131. The van der Waals surface area contributed by atoms with Crippen molar-refractivity contribution in [3.05, 3.63) is 65.0 Å². The van der Waals surface area contributed by atoms with Crippen LogP contribution in [-0.4, -0.2) is 17.0 Å². The van der Waals surface area contributed by atoms with Crippen molar-refractivity contribution < 1.29 is 19.1 Å². The van der Waals surface area contributed by atoms with Gasteiger partial charge in [-0.05, 0) is 29.7 Å². The minimum Gasteiger partial charge on any atom is -0.478 e. The first-order chi connectivity index (χ1) is 11.0. The number of fused-ring (bicyclic) bond motifs is 3. The Kier molecular flexibility index (Phi) is 3.64. The number of aliphatic carboxylic acids is 1. The maximum absolute atomic E-state index is 11.9. The summed E-state index contributed by atoms with van der Waals surface area (Å²) in [7, 11) is 0. The SMILES string of the molecule is O=C(O)/C=C/C(=O)Nc1ccc2oc(=O)c3ccccc3c2c1. The molecule has 0 unspecified atom stereocenters. The Morgan fingerprint density at radius 1 is 1.00 bits per heavy atom. The molecule has 0 aliphatic heterocycles. The Morgan fingerprint density at radius 3 is 2.48 bits per heavy atom. The van der Waals surface area contributed by atoms with Crippen LogP contribution in [0.25, 0.3) is 21.7 Å². The van der Waals surface area contributed by atoms with Gasteiger partial charge in [0.05, 0.1) is 5.39 Å². The molecule has 1 aromatic heterocycles. The molecule has 3 aromatic rings. The number of rotatable bonds is 3. The van der Waals surface area contributed by atoms with E-state index in [1.54, 1.807) is 36.4 Å². The third-order valence-corrected chi connectivity index (χ3v) is 3.26. The summed E-state index contributed by atoms with van der Waals surface area (Å²) in [5.74, 6) is -1.76. The lowest BCUT2D eigenvalue weighted by atomic mass is 10.1. The van der Waals surface area contributed by atoms with Gasteiger partial charge in [0, 0.05) is 23.2 Å². The molecule has 0 fully saturated rings. The second kappa shape index (κ2) is 5.76. The number of benzene rings is 2. The first kappa shape index (κ1) is 14.5. The van der Waals surface area contributed by atoms with Gasteiger partial charge < -0.3 is 14.8 Å². The summed E-state index contributed by atoms with van der Waals surface area (Å²) in [6.45, 7) is 0. The number of amides is 1. The van der Waals surface area contributed by atoms with Gasteiger partial charge in [-0.15, -0.1) is 0 Å².